The van der Waals surface area contributed by atoms with Crippen LogP contribution < -0.4 is 11.1 Å². The zero-order valence-electron chi connectivity index (χ0n) is 10.8. The Hall–Kier alpha value is -1.35. The molecule has 92 valence electrons. The molecule has 1 aliphatic rings. The van der Waals surface area contributed by atoms with Crippen LogP contribution in [0.15, 0.2) is 18.2 Å². The molecule has 0 radical (unpaired) electrons. The van der Waals surface area contributed by atoms with Crippen molar-refractivity contribution in [3.05, 3.63) is 34.9 Å². The molecule has 3 heteroatoms. The molecule has 1 atom stereocenters. The highest BCUT2D eigenvalue weighted by molar-refractivity contribution is 5.63. The molecule has 1 aromatic carbocycles. The summed E-state index contributed by atoms with van der Waals surface area (Å²) < 4.78 is 0. The number of benzene rings is 1. The summed E-state index contributed by atoms with van der Waals surface area (Å²) in [7, 11) is 0. The molecule has 0 spiro atoms. The molecule has 2 rings (SSSR count). The van der Waals surface area contributed by atoms with Crippen LogP contribution in [0, 0.1) is 0 Å². The Bertz CT molecular complexity index is 446. The summed E-state index contributed by atoms with van der Waals surface area (Å²) in [6.45, 7) is 6.66. The van der Waals surface area contributed by atoms with Gasteiger partial charge in [0, 0.05) is 0 Å². The molecule has 0 aromatic heterocycles. The molecule has 0 saturated carbocycles. The second kappa shape index (κ2) is 4.15. The predicted molar refractivity (Wildman–Crippen MR) is 67.6 cm³/mol. The summed E-state index contributed by atoms with van der Waals surface area (Å²) in [6.07, 6.45) is 2.04. The molecule has 0 bridgehead atoms. The third-order valence-electron chi connectivity index (χ3n) is 3.42. The fourth-order valence-corrected chi connectivity index (χ4v) is 2.43. The Kier molecular flexibility index (Phi) is 2.96. The zero-order valence-corrected chi connectivity index (χ0v) is 10.8. The van der Waals surface area contributed by atoms with E-state index in [2.05, 4.69) is 50.0 Å². The number of hydrogen-bond donors (Lipinski definition) is 2. The molecular weight excluding hydrogens is 212 g/mol. The summed E-state index contributed by atoms with van der Waals surface area (Å²) in [4.78, 5) is 11.0. The van der Waals surface area contributed by atoms with E-state index < -0.39 is 0 Å². The lowest BCUT2D eigenvalue weighted by Gasteiger charge is -2.20. The van der Waals surface area contributed by atoms with Crippen molar-refractivity contribution in [2.24, 2.45) is 0 Å². The van der Waals surface area contributed by atoms with Gasteiger partial charge in [-0.05, 0) is 34.9 Å². The van der Waals surface area contributed by atoms with E-state index in [1.807, 2.05) is 0 Å². The first kappa shape index (κ1) is 12.1. The monoisotopic (exact) mass is 233 g/mol. The molecule has 0 saturated heterocycles. The van der Waals surface area contributed by atoms with Gasteiger partial charge in [-0.15, -0.1) is 0 Å². The zero-order chi connectivity index (χ0) is 12.6. The number of fused-ring (bicyclic) bond motifs is 1. The van der Waals surface area contributed by atoms with Gasteiger partial charge >= 0.3 is 6.03 Å². The first-order valence-electron chi connectivity index (χ1n) is 6.13. The minimum Gasteiger partial charge on any atom is -0.299 e. The maximum Gasteiger partial charge on any atom is 0.412 e. The van der Waals surface area contributed by atoms with Crippen molar-refractivity contribution in [2.45, 2.75) is 45.1 Å². The molecule has 0 heterocycles. The predicted octanol–water partition coefficient (Wildman–Crippen LogP) is 1.92. The van der Waals surface area contributed by atoms with E-state index in [0.717, 1.165) is 12.8 Å². The van der Waals surface area contributed by atoms with E-state index in [-0.39, 0.29) is 17.5 Å². The maximum atomic E-state index is 11.0. The van der Waals surface area contributed by atoms with Gasteiger partial charge in [0.1, 0.15) is 0 Å². The van der Waals surface area contributed by atoms with Crippen molar-refractivity contribution in [1.29, 1.82) is 0 Å². The highest BCUT2D eigenvalue weighted by Gasteiger charge is 2.25. The molecule has 17 heavy (non-hydrogen) atoms. The smallest absolute Gasteiger partial charge is 0.299 e. The molecular formula is C14H21N2O+. The molecule has 1 aliphatic carbocycles. The summed E-state index contributed by atoms with van der Waals surface area (Å²) in [6, 6.07) is 6.58. The van der Waals surface area contributed by atoms with E-state index in [4.69, 9.17) is 0 Å². The number of nitrogens with one attached hydrogen (secondary N) is 1. The van der Waals surface area contributed by atoms with Gasteiger partial charge in [0.2, 0.25) is 0 Å². The Labute approximate surface area is 102 Å². The fourth-order valence-electron chi connectivity index (χ4n) is 2.43. The summed E-state index contributed by atoms with van der Waals surface area (Å²) >= 11 is 0. The molecule has 3 nitrogen and oxygen atoms in total. The highest BCUT2D eigenvalue weighted by Crippen LogP contribution is 2.34. The van der Waals surface area contributed by atoms with Crippen LogP contribution in [0.25, 0.3) is 0 Å². The average Bonchev–Trinajstić information content (AvgIpc) is 2.59. The number of urea groups is 1. The highest BCUT2D eigenvalue weighted by atomic mass is 16.2. The van der Waals surface area contributed by atoms with Gasteiger partial charge in [0.25, 0.3) is 0 Å². The van der Waals surface area contributed by atoms with Crippen LogP contribution in [-0.2, 0) is 11.8 Å². The van der Waals surface area contributed by atoms with Gasteiger partial charge in [-0.25, -0.2) is 4.79 Å². The summed E-state index contributed by atoms with van der Waals surface area (Å²) in [5.74, 6) is 0. The van der Waals surface area contributed by atoms with E-state index >= 15 is 0 Å². The van der Waals surface area contributed by atoms with Crippen LogP contribution in [0.1, 0.15) is 49.9 Å². The number of aryl methyl sites for hydroxylation is 1. The first-order chi connectivity index (χ1) is 7.88. The van der Waals surface area contributed by atoms with Crippen molar-refractivity contribution >= 4 is 6.03 Å². The average molecular weight is 233 g/mol. The molecule has 2 amide bonds. The van der Waals surface area contributed by atoms with E-state index in [1.165, 1.54) is 16.7 Å². The topological polar surface area (TPSA) is 56.7 Å². The van der Waals surface area contributed by atoms with Gasteiger partial charge < -0.3 is 0 Å². The Morgan fingerprint density at radius 1 is 1.41 bits per heavy atom. The number of carbonyl (C=O) groups excluding carboxylic acids is 1. The number of rotatable bonds is 1. The number of hydrogen-bond acceptors (Lipinski definition) is 1. The first-order valence-corrected chi connectivity index (χ1v) is 6.13. The number of quaternary nitrogens is 1. The minimum atomic E-state index is -0.192. The van der Waals surface area contributed by atoms with Gasteiger partial charge in [0.15, 0.2) is 0 Å². The molecule has 4 N–H and O–H groups in total. The third-order valence-corrected chi connectivity index (χ3v) is 3.42. The van der Waals surface area contributed by atoms with E-state index in [1.54, 1.807) is 0 Å². The van der Waals surface area contributed by atoms with Gasteiger partial charge in [0.05, 0.1) is 6.04 Å². The normalized spacial score (nSPS) is 18.9. The van der Waals surface area contributed by atoms with Gasteiger partial charge in [-0.3, -0.25) is 11.1 Å². The number of amides is 2. The van der Waals surface area contributed by atoms with Crippen LogP contribution in [0.4, 0.5) is 4.79 Å². The molecule has 1 unspecified atom stereocenters. The fraction of sp³-hybridized carbons (Fsp3) is 0.500. The lowest BCUT2D eigenvalue weighted by atomic mass is 9.85. The minimum absolute atomic E-state index is 0.156. The van der Waals surface area contributed by atoms with E-state index in [9.17, 15) is 4.79 Å². The van der Waals surface area contributed by atoms with Crippen molar-refractivity contribution in [1.82, 2.24) is 5.32 Å². The maximum absolute atomic E-state index is 11.0. The van der Waals surface area contributed by atoms with Crippen LogP contribution in [0.5, 0.6) is 0 Å². The molecule has 0 aliphatic heterocycles. The summed E-state index contributed by atoms with van der Waals surface area (Å²) in [5.41, 5.74) is 7.55. The Morgan fingerprint density at radius 3 is 2.71 bits per heavy atom. The van der Waals surface area contributed by atoms with Crippen molar-refractivity contribution in [3.8, 4) is 0 Å². The lowest BCUT2D eigenvalue weighted by molar-refractivity contribution is -0.251. The lowest BCUT2D eigenvalue weighted by Crippen LogP contribution is -2.63. The second-order valence-corrected chi connectivity index (χ2v) is 5.82. The molecule has 0 fully saturated rings. The summed E-state index contributed by atoms with van der Waals surface area (Å²) in [5, 5.41) is 2.91. The van der Waals surface area contributed by atoms with Crippen LogP contribution in [0.3, 0.4) is 0 Å². The largest absolute Gasteiger partial charge is 0.412 e. The van der Waals surface area contributed by atoms with Gasteiger partial charge in [-0.1, -0.05) is 39.0 Å². The second-order valence-electron chi connectivity index (χ2n) is 5.82. The van der Waals surface area contributed by atoms with Crippen molar-refractivity contribution < 1.29 is 10.5 Å². The Morgan fingerprint density at radius 2 is 2.12 bits per heavy atom. The van der Waals surface area contributed by atoms with E-state index in [0.29, 0.717) is 0 Å². The van der Waals surface area contributed by atoms with Crippen LogP contribution >= 0.6 is 0 Å². The molecule has 1 aromatic rings. The van der Waals surface area contributed by atoms with Crippen molar-refractivity contribution in [3.63, 3.8) is 0 Å². The quantitative estimate of drug-likeness (QED) is 0.765. The van der Waals surface area contributed by atoms with Crippen molar-refractivity contribution in [2.75, 3.05) is 0 Å². The third kappa shape index (κ3) is 2.50. The SMILES string of the molecule is CC(C)(C)c1ccc2c(c1)CCC2NC([NH3+])=O. The van der Waals surface area contributed by atoms with Gasteiger partial charge in [-0.2, -0.15) is 0 Å². The standard InChI is InChI=1S/C14H20N2O/c1-14(2,3)10-5-6-11-9(8-10)4-7-12(11)16-13(15)17/h5-6,8,12H,4,7H2,1-3H3,(H3,15,16,17)/p+1. The number of carbonyl (C=O) groups is 1. The van der Waals surface area contributed by atoms with Crippen LogP contribution in [-0.4, -0.2) is 6.03 Å². The Balaban J connectivity index is 2.29. The van der Waals surface area contributed by atoms with Crippen LogP contribution in [0.2, 0.25) is 0 Å².